The zero-order valence-electron chi connectivity index (χ0n) is 11.4. The minimum atomic E-state index is -0.932. The minimum Gasteiger partial charge on any atom is -0.466 e. The first kappa shape index (κ1) is 15.4. The molecular formula is C15H20O4. The molecule has 0 atom stereocenters. The lowest BCUT2D eigenvalue weighted by Crippen LogP contribution is -2.33. The maximum absolute atomic E-state index is 12.0. The largest absolute Gasteiger partial charge is 0.466 e. The third kappa shape index (κ3) is 3.66. The van der Waals surface area contributed by atoms with Gasteiger partial charge in [-0.1, -0.05) is 0 Å². The van der Waals surface area contributed by atoms with Gasteiger partial charge in [0.25, 0.3) is 0 Å². The standard InChI is InChI=1S/C15H20O4/c1-3-5-10-15(12(16)8-9-13(15)17)11-6-7-14(18)19-4-2/h1H,4-11H2,2H3. The number of rotatable bonds is 7. The highest BCUT2D eigenvalue weighted by molar-refractivity contribution is 6.12. The van der Waals surface area contributed by atoms with Crippen LogP contribution < -0.4 is 0 Å². The van der Waals surface area contributed by atoms with Crippen LogP contribution in [0, 0.1) is 17.8 Å². The molecule has 19 heavy (non-hydrogen) atoms. The van der Waals surface area contributed by atoms with Gasteiger partial charge in [0.2, 0.25) is 0 Å². The van der Waals surface area contributed by atoms with Crippen LogP contribution in [-0.2, 0) is 19.1 Å². The quantitative estimate of drug-likeness (QED) is 0.401. The molecule has 0 heterocycles. The third-order valence-corrected chi connectivity index (χ3v) is 3.63. The molecular weight excluding hydrogens is 244 g/mol. The Bertz CT molecular complexity index is 387. The second-order valence-electron chi connectivity index (χ2n) is 4.79. The van der Waals surface area contributed by atoms with Gasteiger partial charge in [-0.05, 0) is 26.2 Å². The second kappa shape index (κ2) is 7.08. The van der Waals surface area contributed by atoms with E-state index < -0.39 is 5.41 Å². The zero-order valence-corrected chi connectivity index (χ0v) is 11.4. The summed E-state index contributed by atoms with van der Waals surface area (Å²) in [7, 11) is 0. The molecule has 4 heteroatoms. The molecule has 1 rings (SSSR count). The van der Waals surface area contributed by atoms with Gasteiger partial charge >= 0.3 is 5.97 Å². The normalized spacial score (nSPS) is 17.3. The van der Waals surface area contributed by atoms with Crippen LogP contribution in [0.25, 0.3) is 0 Å². The fourth-order valence-electron chi connectivity index (χ4n) is 2.60. The number of carbonyl (C=O) groups excluding carboxylic acids is 3. The summed E-state index contributed by atoms with van der Waals surface area (Å²) in [5.41, 5.74) is -0.932. The zero-order chi connectivity index (χ0) is 14.3. The highest BCUT2D eigenvalue weighted by Gasteiger charge is 2.47. The summed E-state index contributed by atoms with van der Waals surface area (Å²) < 4.78 is 4.83. The molecule has 1 aliphatic rings. The maximum atomic E-state index is 12.0. The van der Waals surface area contributed by atoms with Crippen molar-refractivity contribution in [3.05, 3.63) is 0 Å². The van der Waals surface area contributed by atoms with Gasteiger partial charge in [0.1, 0.15) is 11.6 Å². The number of ether oxygens (including phenoxy) is 1. The van der Waals surface area contributed by atoms with E-state index in [1.54, 1.807) is 6.92 Å². The van der Waals surface area contributed by atoms with Crippen molar-refractivity contribution in [3.8, 4) is 12.3 Å². The molecule has 0 aromatic rings. The van der Waals surface area contributed by atoms with E-state index in [4.69, 9.17) is 11.2 Å². The highest BCUT2D eigenvalue weighted by atomic mass is 16.5. The van der Waals surface area contributed by atoms with E-state index in [1.165, 1.54) is 0 Å². The van der Waals surface area contributed by atoms with Crippen molar-refractivity contribution >= 4 is 17.5 Å². The Kier molecular flexibility index (Phi) is 5.75. The van der Waals surface area contributed by atoms with E-state index in [9.17, 15) is 14.4 Å². The maximum Gasteiger partial charge on any atom is 0.305 e. The number of hydrogen-bond acceptors (Lipinski definition) is 4. The Hall–Kier alpha value is -1.63. The molecule has 104 valence electrons. The Balaban J connectivity index is 2.61. The summed E-state index contributed by atoms with van der Waals surface area (Å²) in [5, 5.41) is 0. The van der Waals surface area contributed by atoms with Crippen LogP contribution in [0.15, 0.2) is 0 Å². The van der Waals surface area contributed by atoms with E-state index in [1.807, 2.05) is 0 Å². The summed E-state index contributed by atoms with van der Waals surface area (Å²) in [4.78, 5) is 35.3. The molecule has 0 N–H and O–H groups in total. The van der Waals surface area contributed by atoms with E-state index in [2.05, 4.69) is 5.92 Å². The van der Waals surface area contributed by atoms with Gasteiger partial charge < -0.3 is 4.74 Å². The van der Waals surface area contributed by atoms with Crippen molar-refractivity contribution in [2.45, 2.75) is 51.9 Å². The average molecular weight is 264 g/mol. The van der Waals surface area contributed by atoms with Crippen LogP contribution in [0.1, 0.15) is 51.9 Å². The topological polar surface area (TPSA) is 60.4 Å². The van der Waals surface area contributed by atoms with Gasteiger partial charge in [-0.15, -0.1) is 12.3 Å². The van der Waals surface area contributed by atoms with E-state index in [0.29, 0.717) is 45.1 Å². The van der Waals surface area contributed by atoms with Crippen molar-refractivity contribution in [2.24, 2.45) is 5.41 Å². The number of Topliss-reactive ketones (excluding diaryl/α,β-unsaturated/α-hetero) is 2. The first-order valence-electron chi connectivity index (χ1n) is 6.72. The molecule has 0 aliphatic heterocycles. The predicted molar refractivity (Wildman–Crippen MR) is 70.2 cm³/mol. The molecule has 0 radical (unpaired) electrons. The Morgan fingerprint density at radius 2 is 1.95 bits per heavy atom. The van der Waals surface area contributed by atoms with Crippen molar-refractivity contribution in [1.29, 1.82) is 0 Å². The van der Waals surface area contributed by atoms with Crippen LogP contribution in [0.4, 0.5) is 0 Å². The van der Waals surface area contributed by atoms with Gasteiger partial charge in [-0.2, -0.15) is 0 Å². The number of terminal acetylenes is 1. The summed E-state index contributed by atoms with van der Waals surface area (Å²) in [6, 6.07) is 0. The lowest BCUT2D eigenvalue weighted by Gasteiger charge is -2.24. The van der Waals surface area contributed by atoms with E-state index >= 15 is 0 Å². The van der Waals surface area contributed by atoms with Crippen LogP contribution in [0.2, 0.25) is 0 Å². The van der Waals surface area contributed by atoms with Crippen molar-refractivity contribution < 1.29 is 19.1 Å². The first-order chi connectivity index (χ1) is 9.06. The van der Waals surface area contributed by atoms with Crippen LogP contribution in [0.3, 0.4) is 0 Å². The van der Waals surface area contributed by atoms with Crippen LogP contribution in [0.5, 0.6) is 0 Å². The summed E-state index contributed by atoms with van der Waals surface area (Å²) in [6.07, 6.45) is 7.80. The molecule has 1 saturated carbocycles. The van der Waals surface area contributed by atoms with Crippen molar-refractivity contribution in [3.63, 3.8) is 0 Å². The molecule has 1 aliphatic carbocycles. The fraction of sp³-hybridized carbons (Fsp3) is 0.667. The van der Waals surface area contributed by atoms with E-state index in [0.717, 1.165) is 0 Å². The molecule has 1 fully saturated rings. The Morgan fingerprint density at radius 3 is 2.47 bits per heavy atom. The lowest BCUT2D eigenvalue weighted by atomic mass is 9.75. The molecule has 4 nitrogen and oxygen atoms in total. The molecule has 0 spiro atoms. The smallest absolute Gasteiger partial charge is 0.305 e. The van der Waals surface area contributed by atoms with Crippen LogP contribution >= 0.6 is 0 Å². The molecule has 0 aromatic carbocycles. The minimum absolute atomic E-state index is 0.0170. The van der Waals surface area contributed by atoms with Gasteiger partial charge in [-0.25, -0.2) is 0 Å². The monoisotopic (exact) mass is 264 g/mol. The third-order valence-electron chi connectivity index (χ3n) is 3.63. The van der Waals surface area contributed by atoms with Crippen LogP contribution in [-0.4, -0.2) is 24.1 Å². The SMILES string of the molecule is C#CCCC1(CCCC(=O)OCC)C(=O)CCC1=O. The van der Waals surface area contributed by atoms with E-state index in [-0.39, 0.29) is 24.0 Å². The van der Waals surface area contributed by atoms with Crippen molar-refractivity contribution in [2.75, 3.05) is 6.61 Å². The second-order valence-corrected chi connectivity index (χ2v) is 4.79. The van der Waals surface area contributed by atoms with Gasteiger partial charge in [-0.3, -0.25) is 14.4 Å². The highest BCUT2D eigenvalue weighted by Crippen LogP contribution is 2.40. The molecule has 0 bridgehead atoms. The molecule has 0 aromatic heterocycles. The Labute approximate surface area is 113 Å². The molecule has 0 amide bonds. The average Bonchev–Trinajstić information content (AvgIpc) is 2.65. The number of carbonyl (C=O) groups is 3. The Morgan fingerprint density at radius 1 is 1.32 bits per heavy atom. The first-order valence-corrected chi connectivity index (χ1v) is 6.72. The number of esters is 1. The summed E-state index contributed by atoms with van der Waals surface area (Å²) >= 11 is 0. The molecule has 0 saturated heterocycles. The van der Waals surface area contributed by atoms with Gasteiger partial charge in [0.15, 0.2) is 0 Å². The summed E-state index contributed by atoms with van der Waals surface area (Å²) in [5.74, 6) is 2.17. The lowest BCUT2D eigenvalue weighted by molar-refractivity contribution is -0.144. The van der Waals surface area contributed by atoms with Crippen molar-refractivity contribution in [1.82, 2.24) is 0 Å². The summed E-state index contributed by atoms with van der Waals surface area (Å²) in [6.45, 7) is 2.09. The van der Waals surface area contributed by atoms with Gasteiger partial charge in [0, 0.05) is 25.7 Å². The molecule has 0 unspecified atom stereocenters. The predicted octanol–water partition coefficient (Wildman–Crippen LogP) is 2.05. The van der Waals surface area contributed by atoms with Gasteiger partial charge in [0.05, 0.1) is 12.0 Å². The number of ketones is 2. The number of hydrogen-bond donors (Lipinski definition) is 0. The fourth-order valence-corrected chi connectivity index (χ4v) is 2.60.